The predicted molar refractivity (Wildman–Crippen MR) is 164 cm³/mol. The van der Waals surface area contributed by atoms with Gasteiger partial charge in [-0.25, -0.2) is 0 Å². The molecule has 0 radical (unpaired) electrons. The number of rotatable bonds is 4. The summed E-state index contributed by atoms with van der Waals surface area (Å²) in [5, 5.41) is 21.9. The Labute approximate surface area is 237 Å². The molecule has 7 aromatic rings. The van der Waals surface area contributed by atoms with Crippen LogP contribution in [0.15, 0.2) is 134 Å². The van der Waals surface area contributed by atoms with Gasteiger partial charge in [-0.15, -0.1) is 0 Å². The van der Waals surface area contributed by atoms with E-state index in [9.17, 15) is 10.5 Å². The van der Waals surface area contributed by atoms with Gasteiger partial charge in [-0.1, -0.05) is 72.8 Å². The first-order chi connectivity index (χ1) is 20.2. The summed E-state index contributed by atoms with van der Waals surface area (Å²) in [6.45, 7) is 0. The highest BCUT2D eigenvalue weighted by Gasteiger charge is 2.19. The molecule has 4 heteroatoms. The van der Waals surface area contributed by atoms with Gasteiger partial charge in [0.25, 0.3) is 0 Å². The number of para-hydroxylation sites is 1. The van der Waals surface area contributed by atoms with Gasteiger partial charge in [-0.2, -0.15) is 10.5 Å². The number of hydrogen-bond donors (Lipinski definition) is 0. The Morgan fingerprint density at radius 2 is 1.20 bits per heavy atom. The van der Waals surface area contributed by atoms with Crippen molar-refractivity contribution >= 4 is 21.8 Å². The van der Waals surface area contributed by atoms with E-state index in [-0.39, 0.29) is 0 Å². The lowest BCUT2D eigenvalue weighted by molar-refractivity contribution is 1.18. The van der Waals surface area contributed by atoms with Crippen LogP contribution in [0, 0.1) is 22.7 Å². The van der Waals surface area contributed by atoms with Crippen LogP contribution in [0.2, 0.25) is 0 Å². The first kappa shape index (κ1) is 24.1. The van der Waals surface area contributed by atoms with Gasteiger partial charge in [-0.3, -0.25) is 4.98 Å². The lowest BCUT2D eigenvalue weighted by Gasteiger charge is -2.17. The normalized spacial score (nSPS) is 10.9. The second-order valence-corrected chi connectivity index (χ2v) is 9.90. The highest BCUT2D eigenvalue weighted by molar-refractivity contribution is 6.11. The number of nitrogens with zero attached hydrogens (tertiary/aromatic N) is 4. The molecule has 190 valence electrons. The molecule has 2 heterocycles. The average molecular weight is 523 g/mol. The Kier molecular flexibility index (Phi) is 5.86. The predicted octanol–water partition coefficient (Wildman–Crippen LogP) is 8.92. The smallest absolute Gasteiger partial charge is 0.0998 e. The molecule has 0 aliphatic carbocycles. The molecule has 0 amide bonds. The third kappa shape index (κ3) is 4.12. The minimum Gasteiger partial charge on any atom is -0.309 e. The first-order valence-electron chi connectivity index (χ1n) is 13.3. The van der Waals surface area contributed by atoms with E-state index in [1.54, 1.807) is 12.4 Å². The van der Waals surface area contributed by atoms with E-state index in [0.717, 1.165) is 60.9 Å². The molecule has 0 bridgehead atoms. The summed E-state index contributed by atoms with van der Waals surface area (Å²) in [5.74, 6) is 0. The highest BCUT2D eigenvalue weighted by atomic mass is 15.0. The Bertz CT molecular complexity index is 2140. The van der Waals surface area contributed by atoms with Gasteiger partial charge in [0.2, 0.25) is 0 Å². The topological polar surface area (TPSA) is 65.4 Å². The minimum absolute atomic E-state index is 0.597. The summed E-state index contributed by atoms with van der Waals surface area (Å²) < 4.78 is 2.28. The Hall–Kier alpha value is -5.97. The quantitative estimate of drug-likeness (QED) is 0.232. The second-order valence-electron chi connectivity index (χ2n) is 9.90. The van der Waals surface area contributed by atoms with Crippen LogP contribution in [0.5, 0.6) is 0 Å². The monoisotopic (exact) mass is 522 g/mol. The number of nitriles is 2. The fourth-order valence-corrected chi connectivity index (χ4v) is 5.63. The zero-order chi connectivity index (χ0) is 27.8. The third-order valence-electron chi connectivity index (χ3n) is 7.59. The summed E-state index contributed by atoms with van der Waals surface area (Å²) >= 11 is 0. The van der Waals surface area contributed by atoms with Crippen LogP contribution in [0.4, 0.5) is 0 Å². The van der Waals surface area contributed by atoms with Gasteiger partial charge in [-0.05, 0) is 70.8 Å². The molecule has 5 aromatic carbocycles. The summed E-state index contributed by atoms with van der Waals surface area (Å²) in [6, 6.07) is 45.5. The molecule has 0 aliphatic heterocycles. The molecular formula is C37H22N4. The molecule has 7 rings (SSSR count). The Balaban J connectivity index is 1.57. The van der Waals surface area contributed by atoms with Gasteiger partial charge in [0, 0.05) is 34.3 Å². The molecule has 0 saturated heterocycles. The van der Waals surface area contributed by atoms with E-state index in [2.05, 4.69) is 82.4 Å². The maximum Gasteiger partial charge on any atom is 0.0998 e. The van der Waals surface area contributed by atoms with Crippen molar-refractivity contribution in [1.29, 1.82) is 10.5 Å². The van der Waals surface area contributed by atoms with Crippen LogP contribution in [-0.4, -0.2) is 9.55 Å². The highest BCUT2D eigenvalue weighted by Crippen LogP contribution is 2.40. The van der Waals surface area contributed by atoms with Crippen molar-refractivity contribution in [3.8, 4) is 51.2 Å². The summed E-state index contributed by atoms with van der Waals surface area (Å²) in [4.78, 5) is 4.17. The van der Waals surface area contributed by atoms with E-state index in [0.29, 0.717) is 11.1 Å². The second kappa shape index (κ2) is 9.97. The van der Waals surface area contributed by atoms with E-state index in [4.69, 9.17) is 0 Å². The van der Waals surface area contributed by atoms with Gasteiger partial charge in [0.15, 0.2) is 0 Å². The molecule has 0 fully saturated rings. The van der Waals surface area contributed by atoms with Crippen LogP contribution in [-0.2, 0) is 0 Å². The number of pyridine rings is 1. The molecule has 4 nitrogen and oxygen atoms in total. The van der Waals surface area contributed by atoms with E-state index in [1.165, 1.54) is 0 Å². The van der Waals surface area contributed by atoms with Gasteiger partial charge in [0.1, 0.15) is 0 Å². The van der Waals surface area contributed by atoms with Gasteiger partial charge < -0.3 is 4.57 Å². The van der Waals surface area contributed by atoms with Crippen LogP contribution in [0.3, 0.4) is 0 Å². The summed E-state index contributed by atoms with van der Waals surface area (Å²) in [6.07, 6.45) is 3.51. The van der Waals surface area contributed by atoms with Crippen molar-refractivity contribution in [2.45, 2.75) is 0 Å². The minimum atomic E-state index is 0.597. The van der Waals surface area contributed by atoms with E-state index in [1.807, 2.05) is 60.7 Å². The molecule has 0 N–H and O–H groups in total. The average Bonchev–Trinajstić information content (AvgIpc) is 3.38. The van der Waals surface area contributed by atoms with E-state index < -0.39 is 0 Å². The molecule has 0 aliphatic rings. The first-order valence-corrected chi connectivity index (χ1v) is 13.3. The molecule has 2 aromatic heterocycles. The Morgan fingerprint density at radius 3 is 1.95 bits per heavy atom. The Morgan fingerprint density at radius 1 is 0.512 bits per heavy atom. The number of fused-ring (bicyclic) bond motifs is 3. The van der Waals surface area contributed by atoms with Crippen molar-refractivity contribution in [3.63, 3.8) is 0 Å². The lowest BCUT2D eigenvalue weighted by Crippen LogP contribution is -2.00. The molecular weight excluding hydrogens is 500 g/mol. The molecule has 0 unspecified atom stereocenters. The summed E-state index contributed by atoms with van der Waals surface area (Å²) in [5.41, 5.74) is 10.3. The number of aromatic nitrogens is 2. The molecule has 0 atom stereocenters. The molecule has 0 saturated carbocycles. The number of benzene rings is 5. The number of hydrogen-bond acceptors (Lipinski definition) is 3. The van der Waals surface area contributed by atoms with Crippen molar-refractivity contribution < 1.29 is 0 Å². The summed E-state index contributed by atoms with van der Waals surface area (Å²) in [7, 11) is 0. The zero-order valence-corrected chi connectivity index (χ0v) is 22.0. The molecule has 41 heavy (non-hydrogen) atoms. The maximum absolute atomic E-state index is 10.3. The van der Waals surface area contributed by atoms with Crippen molar-refractivity contribution in [2.75, 3.05) is 0 Å². The zero-order valence-electron chi connectivity index (χ0n) is 22.0. The fraction of sp³-hybridized carbons (Fsp3) is 0. The van der Waals surface area contributed by atoms with Crippen molar-refractivity contribution in [1.82, 2.24) is 9.55 Å². The van der Waals surface area contributed by atoms with Crippen LogP contribution < -0.4 is 0 Å². The lowest BCUT2D eigenvalue weighted by atomic mass is 9.93. The largest absolute Gasteiger partial charge is 0.309 e. The third-order valence-corrected chi connectivity index (χ3v) is 7.59. The van der Waals surface area contributed by atoms with Gasteiger partial charge >= 0.3 is 0 Å². The SMILES string of the molecule is N#Cc1ccc(-c2ccc3c4ccccc4n(-c4cc(C#N)c(-c5ccncc5)cc4-c4ccccc4)c3c2)cc1. The van der Waals surface area contributed by atoms with Crippen LogP contribution in [0.1, 0.15) is 11.1 Å². The van der Waals surface area contributed by atoms with Crippen molar-refractivity contribution in [3.05, 3.63) is 145 Å². The van der Waals surface area contributed by atoms with Crippen molar-refractivity contribution in [2.24, 2.45) is 0 Å². The standard InChI is InChI=1S/C37H22N4/c38-23-25-10-12-26(13-11-25)29-14-15-32-31-8-4-5-9-35(31)41(36(32)20-29)37-21-30(24-39)33(28-16-18-40-19-17-28)22-34(37)27-6-2-1-3-7-27/h1-22H. The molecule has 0 spiro atoms. The van der Waals surface area contributed by atoms with Crippen LogP contribution in [0.25, 0.3) is 60.9 Å². The van der Waals surface area contributed by atoms with E-state index >= 15 is 0 Å². The van der Waals surface area contributed by atoms with Crippen LogP contribution >= 0.6 is 0 Å². The maximum atomic E-state index is 10.3. The van der Waals surface area contributed by atoms with Gasteiger partial charge in [0.05, 0.1) is 40.0 Å². The fourth-order valence-electron chi connectivity index (χ4n) is 5.63.